The van der Waals surface area contributed by atoms with Crippen molar-refractivity contribution in [3.8, 4) is 17.0 Å². The maximum atomic E-state index is 12.6. The van der Waals surface area contributed by atoms with Gasteiger partial charge in [0, 0.05) is 35.7 Å². The smallest absolute Gasteiger partial charge is 0.342 e. The average Bonchev–Trinajstić information content (AvgIpc) is 3.10. The molecule has 1 heterocycles. The van der Waals surface area contributed by atoms with Crippen molar-refractivity contribution in [3.05, 3.63) is 30.0 Å². The Labute approximate surface area is 177 Å². The number of phenolic OH excluding ortho intramolecular Hbond substituents is 1. The lowest BCUT2D eigenvalue weighted by Crippen LogP contribution is -2.32. The van der Waals surface area contributed by atoms with Crippen LogP contribution in [0.25, 0.3) is 11.3 Å². The minimum atomic E-state index is -0.237. The van der Waals surface area contributed by atoms with E-state index < -0.39 is 0 Å². The summed E-state index contributed by atoms with van der Waals surface area (Å²) in [5, 5.41) is 20.8. The third-order valence-corrected chi connectivity index (χ3v) is 5.88. The third-order valence-electron chi connectivity index (χ3n) is 5.88. The molecule has 3 rings (SSSR count). The molecule has 0 saturated heterocycles. The molecule has 3 N–H and O–H groups in total. The second kappa shape index (κ2) is 9.78. The molecule has 1 aromatic heterocycles. The van der Waals surface area contributed by atoms with Crippen LogP contribution < -0.4 is 10.6 Å². The summed E-state index contributed by atoms with van der Waals surface area (Å²) in [4.78, 5) is 24.9. The van der Waals surface area contributed by atoms with Gasteiger partial charge in [-0.15, -0.1) is 0 Å². The van der Waals surface area contributed by atoms with E-state index in [1.807, 2.05) is 26.8 Å². The summed E-state index contributed by atoms with van der Waals surface area (Å²) < 4.78 is 1.44. The summed E-state index contributed by atoms with van der Waals surface area (Å²) in [6, 6.07) is 6.69. The molecular weight excluding hydrogens is 380 g/mol. The fourth-order valence-electron chi connectivity index (χ4n) is 3.72. The minimum absolute atomic E-state index is 0.0242. The minimum Gasteiger partial charge on any atom is -0.507 e. The standard InChI is InChI=1S/C23H32N4O3/c1-4-12-24-23(30)27-20(16-8-7-9-16)14-19(26-27)18-11-10-17(13-21(18)28)25-22(29)15(5-2)6-3/h10-11,13-16,28H,4-9,12H2,1-3H3,(H,24,30)(H,25,29). The number of nitrogens with one attached hydrogen (secondary N) is 2. The van der Waals surface area contributed by atoms with Crippen LogP contribution in [0.5, 0.6) is 5.75 Å². The summed E-state index contributed by atoms with van der Waals surface area (Å²) in [6.45, 7) is 6.57. The maximum absolute atomic E-state index is 12.6. The van der Waals surface area contributed by atoms with Gasteiger partial charge in [-0.05, 0) is 50.3 Å². The topological polar surface area (TPSA) is 96.3 Å². The van der Waals surface area contributed by atoms with Crippen molar-refractivity contribution >= 4 is 17.6 Å². The number of rotatable bonds is 8. The van der Waals surface area contributed by atoms with Crippen LogP contribution in [0.3, 0.4) is 0 Å². The Morgan fingerprint density at radius 2 is 1.93 bits per heavy atom. The summed E-state index contributed by atoms with van der Waals surface area (Å²) in [6.07, 6.45) is 5.63. The fourth-order valence-corrected chi connectivity index (χ4v) is 3.72. The molecule has 1 aromatic carbocycles. The van der Waals surface area contributed by atoms with Gasteiger partial charge in [0.15, 0.2) is 0 Å². The molecule has 1 aliphatic rings. The van der Waals surface area contributed by atoms with Gasteiger partial charge in [-0.1, -0.05) is 27.2 Å². The van der Waals surface area contributed by atoms with Crippen molar-refractivity contribution in [2.75, 3.05) is 11.9 Å². The molecule has 2 aromatic rings. The molecule has 0 aliphatic heterocycles. The maximum Gasteiger partial charge on any atom is 0.342 e. The van der Waals surface area contributed by atoms with Crippen LogP contribution in [0.1, 0.15) is 70.9 Å². The first-order valence-corrected chi connectivity index (χ1v) is 11.0. The molecule has 1 aliphatic carbocycles. The summed E-state index contributed by atoms with van der Waals surface area (Å²) in [7, 11) is 0. The lowest BCUT2D eigenvalue weighted by atomic mass is 9.82. The van der Waals surface area contributed by atoms with E-state index in [0.29, 0.717) is 29.4 Å². The van der Waals surface area contributed by atoms with Gasteiger partial charge in [0.05, 0.1) is 11.4 Å². The van der Waals surface area contributed by atoms with Gasteiger partial charge in [0.2, 0.25) is 5.91 Å². The zero-order chi connectivity index (χ0) is 21.7. The van der Waals surface area contributed by atoms with Crippen molar-refractivity contribution in [3.63, 3.8) is 0 Å². The van der Waals surface area contributed by atoms with E-state index in [9.17, 15) is 14.7 Å². The Morgan fingerprint density at radius 1 is 1.20 bits per heavy atom. The highest BCUT2D eigenvalue weighted by Crippen LogP contribution is 2.39. The SMILES string of the molecule is CCCNC(=O)n1nc(-c2ccc(NC(=O)C(CC)CC)cc2O)cc1C1CCC1. The second-order valence-corrected chi connectivity index (χ2v) is 7.96. The molecular formula is C23H32N4O3. The lowest BCUT2D eigenvalue weighted by Gasteiger charge is -2.25. The second-order valence-electron chi connectivity index (χ2n) is 7.96. The van der Waals surface area contributed by atoms with Crippen LogP contribution in [-0.4, -0.2) is 33.4 Å². The van der Waals surface area contributed by atoms with Gasteiger partial charge in [0.1, 0.15) is 5.75 Å². The first kappa shape index (κ1) is 21.9. The zero-order valence-corrected chi connectivity index (χ0v) is 18.1. The highest BCUT2D eigenvalue weighted by Gasteiger charge is 2.27. The number of aromatic hydroxyl groups is 1. The van der Waals surface area contributed by atoms with Gasteiger partial charge in [-0.25, -0.2) is 4.79 Å². The molecule has 0 atom stereocenters. The number of nitrogens with zero attached hydrogens (tertiary/aromatic N) is 2. The first-order valence-electron chi connectivity index (χ1n) is 11.0. The number of hydrogen-bond acceptors (Lipinski definition) is 4. The van der Waals surface area contributed by atoms with E-state index in [2.05, 4.69) is 15.7 Å². The summed E-state index contributed by atoms with van der Waals surface area (Å²) >= 11 is 0. The Morgan fingerprint density at radius 3 is 2.50 bits per heavy atom. The monoisotopic (exact) mass is 412 g/mol. The van der Waals surface area contributed by atoms with E-state index >= 15 is 0 Å². The Hall–Kier alpha value is -2.83. The summed E-state index contributed by atoms with van der Waals surface area (Å²) in [5.41, 5.74) is 2.53. The Bertz CT molecular complexity index is 898. The van der Waals surface area contributed by atoms with Crippen molar-refractivity contribution in [2.24, 2.45) is 5.92 Å². The van der Waals surface area contributed by atoms with E-state index in [1.165, 1.54) is 10.7 Å². The van der Waals surface area contributed by atoms with Gasteiger partial charge < -0.3 is 15.7 Å². The van der Waals surface area contributed by atoms with Crippen molar-refractivity contribution in [1.82, 2.24) is 15.1 Å². The van der Waals surface area contributed by atoms with Gasteiger partial charge in [0.25, 0.3) is 0 Å². The molecule has 7 nitrogen and oxygen atoms in total. The molecule has 2 amide bonds. The molecule has 0 bridgehead atoms. The molecule has 7 heteroatoms. The van der Waals surface area contributed by atoms with Crippen LogP contribution in [-0.2, 0) is 4.79 Å². The number of hydrogen-bond donors (Lipinski definition) is 3. The van der Waals surface area contributed by atoms with Gasteiger partial charge >= 0.3 is 6.03 Å². The van der Waals surface area contributed by atoms with Crippen LogP contribution in [0.4, 0.5) is 10.5 Å². The lowest BCUT2D eigenvalue weighted by molar-refractivity contribution is -0.120. The van der Waals surface area contributed by atoms with Crippen LogP contribution in [0, 0.1) is 5.92 Å². The van der Waals surface area contributed by atoms with E-state index in [1.54, 1.807) is 12.1 Å². The molecule has 1 saturated carbocycles. The van der Waals surface area contributed by atoms with Crippen LogP contribution in [0.2, 0.25) is 0 Å². The Kier molecular flexibility index (Phi) is 7.13. The molecule has 30 heavy (non-hydrogen) atoms. The first-order chi connectivity index (χ1) is 14.5. The quantitative estimate of drug-likeness (QED) is 0.576. The largest absolute Gasteiger partial charge is 0.507 e. The van der Waals surface area contributed by atoms with Crippen molar-refractivity contribution in [2.45, 2.75) is 65.2 Å². The van der Waals surface area contributed by atoms with E-state index in [4.69, 9.17) is 0 Å². The molecule has 0 radical (unpaired) electrons. The summed E-state index contributed by atoms with van der Waals surface area (Å²) in [5.74, 6) is 0.251. The third kappa shape index (κ3) is 4.66. The van der Waals surface area contributed by atoms with Crippen molar-refractivity contribution in [1.29, 1.82) is 0 Å². The highest BCUT2D eigenvalue weighted by atomic mass is 16.3. The zero-order valence-electron chi connectivity index (χ0n) is 18.1. The number of phenols is 1. The highest BCUT2D eigenvalue weighted by molar-refractivity contribution is 5.93. The molecule has 0 spiro atoms. The Balaban J connectivity index is 1.85. The van der Waals surface area contributed by atoms with Gasteiger partial charge in [-0.3, -0.25) is 4.79 Å². The average molecular weight is 413 g/mol. The number of amides is 2. The van der Waals surface area contributed by atoms with E-state index in [-0.39, 0.29) is 23.6 Å². The molecule has 0 unspecified atom stereocenters. The number of benzene rings is 1. The normalized spacial score (nSPS) is 13.9. The predicted octanol–water partition coefficient (Wildman–Crippen LogP) is 4.87. The predicted molar refractivity (Wildman–Crippen MR) is 118 cm³/mol. The number of anilines is 1. The molecule has 1 fully saturated rings. The number of aromatic nitrogens is 2. The van der Waals surface area contributed by atoms with Gasteiger partial charge in [-0.2, -0.15) is 9.78 Å². The number of carbonyl (C=O) groups excluding carboxylic acids is 2. The van der Waals surface area contributed by atoms with Crippen LogP contribution in [0.15, 0.2) is 24.3 Å². The number of carbonyl (C=O) groups is 2. The molecule has 162 valence electrons. The fraction of sp³-hybridized carbons (Fsp3) is 0.522. The van der Waals surface area contributed by atoms with Crippen molar-refractivity contribution < 1.29 is 14.7 Å². The van der Waals surface area contributed by atoms with E-state index in [0.717, 1.165) is 44.2 Å². The van der Waals surface area contributed by atoms with Crippen LogP contribution >= 0.6 is 0 Å².